The number of ether oxygens (including phenoxy) is 1. The fourth-order valence-electron chi connectivity index (χ4n) is 4.16. The Labute approximate surface area is 194 Å². The Morgan fingerprint density at radius 1 is 1.18 bits per heavy atom. The van der Waals surface area contributed by atoms with Crippen LogP contribution in [0.5, 0.6) is 0 Å². The van der Waals surface area contributed by atoms with Crippen LogP contribution < -0.4 is 5.32 Å². The number of aryl methyl sites for hydroxylation is 1. The summed E-state index contributed by atoms with van der Waals surface area (Å²) in [6.45, 7) is 2.97. The van der Waals surface area contributed by atoms with Gasteiger partial charge in [0.2, 0.25) is 0 Å². The van der Waals surface area contributed by atoms with E-state index in [1.54, 1.807) is 18.2 Å². The predicted molar refractivity (Wildman–Crippen MR) is 119 cm³/mol. The van der Waals surface area contributed by atoms with Crippen LogP contribution in [0.4, 0.5) is 13.2 Å². The maximum atomic E-state index is 14.0. The minimum absolute atomic E-state index is 0.155. The lowest BCUT2D eigenvalue weighted by Gasteiger charge is -2.38. The van der Waals surface area contributed by atoms with Gasteiger partial charge in [0, 0.05) is 30.2 Å². The minimum Gasteiger partial charge on any atom is -0.381 e. The van der Waals surface area contributed by atoms with Crippen molar-refractivity contribution in [2.75, 3.05) is 19.8 Å². The Bertz CT molecular complexity index is 1140. The molecule has 0 aliphatic carbocycles. The number of aromatic nitrogens is 2. The molecule has 0 spiro atoms. The zero-order valence-electron chi connectivity index (χ0n) is 18.0. The number of carbonyl (C=O) groups is 1. The van der Waals surface area contributed by atoms with E-state index in [2.05, 4.69) is 10.4 Å². The molecular weight excluding hydrogens is 455 g/mol. The highest BCUT2D eigenvalue weighted by atomic mass is 35.5. The molecule has 1 aromatic heterocycles. The summed E-state index contributed by atoms with van der Waals surface area (Å²) in [7, 11) is 0. The summed E-state index contributed by atoms with van der Waals surface area (Å²) in [5.41, 5.74) is -0.0505. The predicted octanol–water partition coefficient (Wildman–Crippen LogP) is 5.33. The number of benzene rings is 2. The molecule has 1 fully saturated rings. The van der Waals surface area contributed by atoms with Gasteiger partial charge in [0.15, 0.2) is 5.69 Å². The van der Waals surface area contributed by atoms with Crippen LogP contribution in [0.25, 0.3) is 5.69 Å². The van der Waals surface area contributed by atoms with E-state index in [-0.39, 0.29) is 12.2 Å². The van der Waals surface area contributed by atoms with Crippen molar-refractivity contribution in [3.05, 3.63) is 82.1 Å². The molecule has 0 atom stereocenters. The molecule has 4 rings (SSSR count). The molecule has 1 saturated heterocycles. The fourth-order valence-corrected chi connectivity index (χ4v) is 4.35. The van der Waals surface area contributed by atoms with Crippen LogP contribution >= 0.6 is 11.6 Å². The third-order valence-electron chi connectivity index (χ3n) is 6.04. The molecule has 33 heavy (non-hydrogen) atoms. The summed E-state index contributed by atoms with van der Waals surface area (Å²) in [6, 6.07) is 13.8. The van der Waals surface area contributed by atoms with Gasteiger partial charge in [0.25, 0.3) is 5.91 Å². The molecule has 174 valence electrons. The van der Waals surface area contributed by atoms with Crippen molar-refractivity contribution in [2.45, 2.75) is 31.4 Å². The number of halogens is 4. The Balaban J connectivity index is 1.63. The van der Waals surface area contributed by atoms with Crippen LogP contribution in [-0.2, 0) is 16.3 Å². The maximum absolute atomic E-state index is 14.0. The molecule has 0 radical (unpaired) electrons. The van der Waals surface area contributed by atoms with Crippen molar-refractivity contribution < 1.29 is 22.7 Å². The summed E-state index contributed by atoms with van der Waals surface area (Å²) in [6.07, 6.45) is -2.57. The van der Waals surface area contributed by atoms with E-state index in [1.165, 1.54) is 12.1 Å². The highest BCUT2D eigenvalue weighted by Gasteiger charge is 2.41. The first kappa shape index (κ1) is 23.3. The lowest BCUT2D eigenvalue weighted by atomic mass is 9.74. The van der Waals surface area contributed by atoms with Gasteiger partial charge in [0.05, 0.1) is 17.4 Å². The van der Waals surface area contributed by atoms with Gasteiger partial charge < -0.3 is 10.1 Å². The first-order valence-electron chi connectivity index (χ1n) is 10.5. The standard InChI is InChI=1S/C24H23ClF3N3O2/c1-16-5-7-19(8-6-16)31-21(24(26,27)28)20(14-30-31)22(32)29-15-23(9-11-33-12-10-23)17-3-2-4-18(25)13-17/h2-8,13-14H,9-12,15H2,1H3,(H,29,32). The molecule has 5 nitrogen and oxygen atoms in total. The molecule has 2 aromatic carbocycles. The van der Waals surface area contributed by atoms with Crippen molar-refractivity contribution in [1.29, 1.82) is 0 Å². The smallest absolute Gasteiger partial charge is 0.381 e. The van der Waals surface area contributed by atoms with Gasteiger partial charge in [-0.25, -0.2) is 4.68 Å². The van der Waals surface area contributed by atoms with Crippen LogP contribution in [0, 0.1) is 6.92 Å². The first-order valence-corrected chi connectivity index (χ1v) is 10.9. The summed E-state index contributed by atoms with van der Waals surface area (Å²) >= 11 is 6.17. The van der Waals surface area contributed by atoms with E-state index < -0.39 is 28.8 Å². The second kappa shape index (κ2) is 9.19. The van der Waals surface area contributed by atoms with Crippen LogP contribution in [0.15, 0.2) is 54.7 Å². The molecule has 0 saturated carbocycles. The van der Waals surface area contributed by atoms with Gasteiger partial charge in [-0.2, -0.15) is 18.3 Å². The van der Waals surface area contributed by atoms with Crippen LogP contribution in [-0.4, -0.2) is 35.4 Å². The van der Waals surface area contributed by atoms with Crippen LogP contribution in [0.2, 0.25) is 5.02 Å². The zero-order valence-corrected chi connectivity index (χ0v) is 18.7. The van der Waals surface area contributed by atoms with E-state index in [0.717, 1.165) is 22.0 Å². The van der Waals surface area contributed by atoms with Gasteiger partial charge in [-0.1, -0.05) is 41.4 Å². The van der Waals surface area contributed by atoms with E-state index >= 15 is 0 Å². The average Bonchev–Trinajstić information content (AvgIpc) is 3.25. The number of hydrogen-bond acceptors (Lipinski definition) is 3. The Morgan fingerprint density at radius 2 is 1.88 bits per heavy atom. The summed E-state index contributed by atoms with van der Waals surface area (Å²) in [4.78, 5) is 13.0. The van der Waals surface area contributed by atoms with Crippen molar-refractivity contribution in [2.24, 2.45) is 0 Å². The highest BCUT2D eigenvalue weighted by molar-refractivity contribution is 6.30. The molecule has 0 bridgehead atoms. The van der Waals surface area contributed by atoms with E-state index in [9.17, 15) is 18.0 Å². The Morgan fingerprint density at radius 3 is 2.52 bits per heavy atom. The lowest BCUT2D eigenvalue weighted by molar-refractivity contribution is -0.143. The SMILES string of the molecule is Cc1ccc(-n2ncc(C(=O)NCC3(c4cccc(Cl)c4)CCOCC3)c2C(F)(F)F)cc1. The van der Waals surface area contributed by atoms with E-state index in [0.29, 0.717) is 31.1 Å². The Hall–Kier alpha value is -2.84. The van der Waals surface area contributed by atoms with Gasteiger partial charge >= 0.3 is 6.18 Å². The second-order valence-electron chi connectivity index (χ2n) is 8.24. The van der Waals surface area contributed by atoms with Crippen LogP contribution in [0.3, 0.4) is 0 Å². The van der Waals surface area contributed by atoms with Gasteiger partial charge in [-0.05, 0) is 49.6 Å². The number of carbonyl (C=O) groups excluding carboxylic acids is 1. The summed E-state index contributed by atoms with van der Waals surface area (Å²) in [5, 5.41) is 7.17. The monoisotopic (exact) mass is 477 g/mol. The first-order chi connectivity index (χ1) is 15.7. The number of hydrogen-bond donors (Lipinski definition) is 1. The summed E-state index contributed by atoms with van der Waals surface area (Å²) in [5.74, 6) is -0.825. The van der Waals surface area contributed by atoms with Gasteiger partial charge in [-0.15, -0.1) is 0 Å². The van der Waals surface area contributed by atoms with Crippen LogP contribution in [0.1, 0.15) is 40.0 Å². The average molecular weight is 478 g/mol. The Kier molecular flexibility index (Phi) is 6.50. The van der Waals surface area contributed by atoms with Gasteiger partial charge in [-0.3, -0.25) is 4.79 Å². The van der Waals surface area contributed by atoms with Crippen molar-refractivity contribution in [3.8, 4) is 5.69 Å². The third-order valence-corrected chi connectivity index (χ3v) is 6.27. The molecule has 3 aromatic rings. The van der Waals surface area contributed by atoms with E-state index in [4.69, 9.17) is 16.3 Å². The highest BCUT2D eigenvalue weighted by Crippen LogP contribution is 2.36. The fraction of sp³-hybridized carbons (Fsp3) is 0.333. The number of amides is 1. The molecule has 0 unspecified atom stereocenters. The zero-order chi connectivity index (χ0) is 23.6. The van der Waals surface area contributed by atoms with Gasteiger partial charge in [0.1, 0.15) is 0 Å². The third kappa shape index (κ3) is 4.91. The number of nitrogens with one attached hydrogen (secondary N) is 1. The maximum Gasteiger partial charge on any atom is 0.434 e. The number of nitrogens with zero attached hydrogens (tertiary/aromatic N) is 2. The number of alkyl halides is 3. The normalized spacial score (nSPS) is 15.9. The van der Waals surface area contributed by atoms with Crippen molar-refractivity contribution in [3.63, 3.8) is 0 Å². The molecule has 1 amide bonds. The molecule has 1 aliphatic rings. The molecule has 1 aliphatic heterocycles. The van der Waals surface area contributed by atoms with Crippen molar-refractivity contribution in [1.82, 2.24) is 15.1 Å². The largest absolute Gasteiger partial charge is 0.434 e. The number of rotatable bonds is 5. The second-order valence-corrected chi connectivity index (χ2v) is 8.67. The topological polar surface area (TPSA) is 56.2 Å². The molecule has 2 heterocycles. The molecular formula is C24H23ClF3N3O2. The molecule has 1 N–H and O–H groups in total. The van der Waals surface area contributed by atoms with E-state index in [1.807, 2.05) is 25.1 Å². The van der Waals surface area contributed by atoms with Crippen molar-refractivity contribution >= 4 is 17.5 Å². The quantitative estimate of drug-likeness (QED) is 0.540. The minimum atomic E-state index is -4.77. The summed E-state index contributed by atoms with van der Waals surface area (Å²) < 4.78 is 48.2. The molecule has 9 heteroatoms. The lowest BCUT2D eigenvalue weighted by Crippen LogP contribution is -2.44.